The van der Waals surface area contributed by atoms with E-state index in [1.165, 1.54) is 17.5 Å². The predicted molar refractivity (Wildman–Crippen MR) is 66.4 cm³/mol. The smallest absolute Gasteiger partial charge is 0.0844 e. The summed E-state index contributed by atoms with van der Waals surface area (Å²) in [5.41, 5.74) is 6.41. The molecule has 0 amide bonds. The van der Waals surface area contributed by atoms with Gasteiger partial charge in [0.25, 0.3) is 0 Å². The van der Waals surface area contributed by atoms with Gasteiger partial charge in [0.15, 0.2) is 0 Å². The van der Waals surface area contributed by atoms with Gasteiger partial charge in [-0.2, -0.15) is 0 Å². The highest BCUT2D eigenvalue weighted by molar-refractivity contribution is 5.49. The molecule has 0 radical (unpaired) electrons. The van der Waals surface area contributed by atoms with Gasteiger partial charge in [0, 0.05) is 13.1 Å². The van der Waals surface area contributed by atoms with E-state index in [1.807, 2.05) is 0 Å². The van der Waals surface area contributed by atoms with E-state index in [9.17, 15) is 0 Å². The molecule has 2 aliphatic rings. The van der Waals surface area contributed by atoms with Crippen molar-refractivity contribution in [2.75, 3.05) is 6.54 Å². The van der Waals surface area contributed by atoms with Gasteiger partial charge in [-0.05, 0) is 34.1 Å². The van der Waals surface area contributed by atoms with Crippen LogP contribution in [0.15, 0.2) is 12.1 Å². The highest BCUT2D eigenvalue weighted by atomic mass is 15.1. The van der Waals surface area contributed by atoms with Crippen molar-refractivity contribution in [3.05, 3.63) is 34.4 Å². The van der Waals surface area contributed by atoms with Crippen LogP contribution in [0.2, 0.25) is 0 Å². The average Bonchev–Trinajstić information content (AvgIpc) is 2.63. The first-order valence-corrected chi connectivity index (χ1v) is 6.19. The summed E-state index contributed by atoms with van der Waals surface area (Å²) >= 11 is 0. The Balaban J connectivity index is 2.21. The molecule has 86 valence electrons. The maximum atomic E-state index is 3.54. The molecule has 2 heteroatoms. The minimum absolute atomic E-state index is 0.259. The largest absolute Gasteiger partial charge is 0.298 e. The third-order valence-corrected chi connectivity index (χ3v) is 3.76. The molecule has 1 aromatic carbocycles. The van der Waals surface area contributed by atoms with Crippen molar-refractivity contribution in [2.45, 2.75) is 45.3 Å². The van der Waals surface area contributed by atoms with Crippen LogP contribution >= 0.6 is 0 Å². The lowest BCUT2D eigenvalue weighted by Gasteiger charge is -2.30. The van der Waals surface area contributed by atoms with Crippen LogP contribution in [-0.4, -0.2) is 6.54 Å². The minimum Gasteiger partial charge on any atom is -0.298 e. The van der Waals surface area contributed by atoms with E-state index < -0.39 is 0 Å². The molecule has 0 saturated heterocycles. The van der Waals surface area contributed by atoms with Crippen LogP contribution in [-0.2, 0) is 18.4 Å². The van der Waals surface area contributed by atoms with Crippen LogP contribution in [0.4, 0.5) is 0 Å². The fourth-order valence-electron chi connectivity index (χ4n) is 3.03. The summed E-state index contributed by atoms with van der Waals surface area (Å²) in [4.78, 5) is 0. The Morgan fingerprint density at radius 1 is 1.19 bits per heavy atom. The maximum absolute atomic E-state index is 3.54. The van der Waals surface area contributed by atoms with Gasteiger partial charge in [0.2, 0.25) is 0 Å². The highest BCUT2D eigenvalue weighted by Gasteiger charge is 2.31. The van der Waals surface area contributed by atoms with Gasteiger partial charge in [0.05, 0.1) is 6.17 Å². The fourth-order valence-corrected chi connectivity index (χ4v) is 3.03. The van der Waals surface area contributed by atoms with E-state index in [0.717, 1.165) is 13.1 Å². The van der Waals surface area contributed by atoms with Gasteiger partial charge in [0.1, 0.15) is 0 Å². The molecule has 0 bridgehead atoms. The monoisotopic (exact) mass is 216 g/mol. The minimum atomic E-state index is 0.259. The molecule has 0 aliphatic carbocycles. The molecular formula is C14H20N2. The van der Waals surface area contributed by atoms with Crippen LogP contribution in [0.3, 0.4) is 0 Å². The van der Waals surface area contributed by atoms with E-state index in [1.54, 1.807) is 11.1 Å². The third kappa shape index (κ3) is 1.40. The number of hydrogen-bond donors (Lipinski definition) is 2. The summed E-state index contributed by atoms with van der Waals surface area (Å²) in [6.07, 6.45) is 1.58. The van der Waals surface area contributed by atoms with Crippen LogP contribution in [0, 0.1) is 0 Å². The van der Waals surface area contributed by atoms with Crippen molar-refractivity contribution in [1.82, 2.24) is 10.6 Å². The second-order valence-corrected chi connectivity index (χ2v) is 5.93. The molecule has 0 fully saturated rings. The van der Waals surface area contributed by atoms with Gasteiger partial charge in [-0.3, -0.25) is 10.6 Å². The van der Waals surface area contributed by atoms with E-state index in [0.29, 0.717) is 6.17 Å². The number of rotatable bonds is 0. The second kappa shape index (κ2) is 3.31. The van der Waals surface area contributed by atoms with Crippen molar-refractivity contribution in [1.29, 1.82) is 0 Å². The predicted octanol–water partition coefficient (Wildman–Crippen LogP) is 2.23. The molecule has 1 aromatic rings. The normalized spacial score (nSPS) is 23.3. The molecular weight excluding hydrogens is 196 g/mol. The summed E-state index contributed by atoms with van der Waals surface area (Å²) in [5, 5.41) is 7.08. The van der Waals surface area contributed by atoms with Crippen LogP contribution in [0.25, 0.3) is 0 Å². The summed E-state index contributed by atoms with van der Waals surface area (Å²) in [6, 6.07) is 4.64. The first-order chi connectivity index (χ1) is 7.57. The number of nitrogens with one attached hydrogen (secondary N) is 2. The average molecular weight is 216 g/mol. The zero-order valence-corrected chi connectivity index (χ0v) is 10.4. The van der Waals surface area contributed by atoms with E-state index in [2.05, 4.69) is 43.5 Å². The lowest BCUT2D eigenvalue weighted by molar-refractivity contribution is 0.448. The van der Waals surface area contributed by atoms with Gasteiger partial charge >= 0.3 is 0 Å². The molecule has 2 heterocycles. The Labute approximate surface area is 97.4 Å². The molecule has 0 aromatic heterocycles. The molecule has 0 unspecified atom stereocenters. The zero-order chi connectivity index (χ0) is 11.3. The van der Waals surface area contributed by atoms with Crippen LogP contribution < -0.4 is 10.6 Å². The van der Waals surface area contributed by atoms with Crippen molar-refractivity contribution >= 4 is 0 Å². The molecule has 0 saturated carbocycles. The van der Waals surface area contributed by atoms with Crippen molar-refractivity contribution in [3.63, 3.8) is 0 Å². The Kier molecular flexibility index (Phi) is 2.13. The zero-order valence-electron chi connectivity index (χ0n) is 10.4. The van der Waals surface area contributed by atoms with Crippen molar-refractivity contribution in [2.24, 2.45) is 0 Å². The Hall–Kier alpha value is -0.860. The molecule has 0 spiro atoms. The maximum Gasteiger partial charge on any atom is 0.0844 e. The Bertz CT molecular complexity index is 429. The molecule has 3 rings (SSSR count). The first-order valence-electron chi connectivity index (χ1n) is 6.19. The lowest BCUT2D eigenvalue weighted by Crippen LogP contribution is -2.35. The van der Waals surface area contributed by atoms with Crippen LogP contribution in [0.5, 0.6) is 0 Å². The lowest BCUT2D eigenvalue weighted by atomic mass is 9.79. The van der Waals surface area contributed by atoms with E-state index in [4.69, 9.17) is 0 Å². The van der Waals surface area contributed by atoms with Crippen molar-refractivity contribution in [3.8, 4) is 0 Å². The molecule has 16 heavy (non-hydrogen) atoms. The van der Waals surface area contributed by atoms with E-state index >= 15 is 0 Å². The molecule has 2 nitrogen and oxygen atoms in total. The Morgan fingerprint density at radius 2 is 2.00 bits per heavy atom. The number of benzene rings is 1. The SMILES string of the molecule is CC(C)(C)c1ccc2c3c1CCN[C@H]3NC2. The molecule has 1 atom stereocenters. The fraction of sp³-hybridized carbons (Fsp3) is 0.571. The Morgan fingerprint density at radius 3 is 2.75 bits per heavy atom. The van der Waals surface area contributed by atoms with E-state index in [-0.39, 0.29) is 5.41 Å². The summed E-state index contributed by atoms with van der Waals surface area (Å²) in [5.74, 6) is 0. The summed E-state index contributed by atoms with van der Waals surface area (Å²) in [6.45, 7) is 9.04. The third-order valence-electron chi connectivity index (χ3n) is 3.76. The topological polar surface area (TPSA) is 24.1 Å². The summed E-state index contributed by atoms with van der Waals surface area (Å²) in [7, 11) is 0. The van der Waals surface area contributed by atoms with Crippen molar-refractivity contribution < 1.29 is 0 Å². The highest BCUT2D eigenvalue weighted by Crippen LogP contribution is 2.36. The molecule has 2 N–H and O–H groups in total. The molecule has 2 aliphatic heterocycles. The van der Waals surface area contributed by atoms with Gasteiger partial charge < -0.3 is 0 Å². The van der Waals surface area contributed by atoms with Gasteiger partial charge in [-0.25, -0.2) is 0 Å². The first kappa shape index (κ1) is 10.3. The van der Waals surface area contributed by atoms with Gasteiger partial charge in [-0.1, -0.05) is 32.9 Å². The second-order valence-electron chi connectivity index (χ2n) is 5.93. The summed E-state index contributed by atoms with van der Waals surface area (Å²) < 4.78 is 0. The van der Waals surface area contributed by atoms with Gasteiger partial charge in [-0.15, -0.1) is 0 Å². The number of hydrogen-bond acceptors (Lipinski definition) is 2. The standard InChI is InChI=1S/C14H20N2/c1-14(2,3)11-5-4-9-8-16-13-12(9)10(11)6-7-15-13/h4-5,13,15-16H,6-8H2,1-3H3/t13-/m0/s1. The van der Waals surface area contributed by atoms with Crippen LogP contribution in [0.1, 0.15) is 49.2 Å². The quantitative estimate of drug-likeness (QED) is 0.695.